The summed E-state index contributed by atoms with van der Waals surface area (Å²) in [5.41, 5.74) is 16.2. The first-order valence-electron chi connectivity index (χ1n) is 18.1. The molecule has 6 heterocycles. The van der Waals surface area contributed by atoms with Crippen LogP contribution < -0.4 is 5.73 Å². The maximum Gasteiger partial charge on any atom is 0.262 e. The third-order valence-electron chi connectivity index (χ3n) is 10.3. The zero-order chi connectivity index (χ0) is 37.5. The molecule has 13 heteroatoms. The predicted molar refractivity (Wildman–Crippen MR) is 204 cm³/mol. The number of nitrogens with two attached hydrogens (primary N) is 1. The SMILES string of the molecule is Cc1cc(-c2ncnc3[nH]ncc23)ccc1C(C)N.Cc1cc(-c2ncnc3c2cnn3C2CCCCO2)ccc1C(C)N1C(=O)c2ccccc2C1=O. The number of nitrogens with one attached hydrogen (secondary N) is 1. The standard InChI is InChI=1S/C27H25N5O3.C14H15N5/c1-16-13-18(24-22-14-30-32(25(22)29-15-28-24)23-9-5-6-12-35-23)10-11-19(16)17(2)31-26(33)20-7-3-4-8-21(20)27(31)34;1-8-5-10(3-4-11(8)9(2)15)13-12-6-18-19-14(12)17-7-16-13/h3-4,7-8,10-11,13-15,17,23H,5-6,9,12H2,1-2H3;3-7,9H,15H2,1-2H3,(H,16,17,18,19). The van der Waals surface area contributed by atoms with Gasteiger partial charge in [0.2, 0.25) is 0 Å². The predicted octanol–water partition coefficient (Wildman–Crippen LogP) is 7.21. The number of amides is 2. The van der Waals surface area contributed by atoms with E-state index < -0.39 is 6.04 Å². The van der Waals surface area contributed by atoms with E-state index in [0.29, 0.717) is 11.1 Å². The second kappa shape index (κ2) is 14.3. The molecule has 3 unspecified atom stereocenters. The number of nitrogens with zero attached hydrogens (tertiary/aromatic N) is 8. The summed E-state index contributed by atoms with van der Waals surface area (Å²) in [6, 6.07) is 18.8. The third-order valence-corrected chi connectivity index (χ3v) is 10.3. The van der Waals surface area contributed by atoms with Gasteiger partial charge in [-0.05, 0) is 93.5 Å². The van der Waals surface area contributed by atoms with Gasteiger partial charge in [-0.2, -0.15) is 10.2 Å². The molecule has 2 aliphatic heterocycles. The number of imide groups is 1. The van der Waals surface area contributed by atoms with Crippen LogP contribution in [0.1, 0.15) is 94.4 Å². The van der Waals surface area contributed by atoms with Crippen molar-refractivity contribution in [2.24, 2.45) is 5.73 Å². The van der Waals surface area contributed by atoms with Gasteiger partial charge in [-0.25, -0.2) is 24.6 Å². The fourth-order valence-electron chi connectivity index (χ4n) is 7.54. The molecule has 0 aliphatic carbocycles. The smallest absolute Gasteiger partial charge is 0.262 e. The van der Waals surface area contributed by atoms with Gasteiger partial charge >= 0.3 is 0 Å². The fourth-order valence-corrected chi connectivity index (χ4v) is 7.54. The Balaban J connectivity index is 0.000000183. The van der Waals surface area contributed by atoms with Crippen molar-refractivity contribution in [1.29, 1.82) is 0 Å². The normalized spacial score (nSPS) is 16.7. The van der Waals surface area contributed by atoms with Gasteiger partial charge in [0.25, 0.3) is 11.8 Å². The molecular formula is C41H40N10O3. The zero-order valence-electron chi connectivity index (χ0n) is 30.5. The largest absolute Gasteiger partial charge is 0.356 e. The number of rotatable bonds is 6. The van der Waals surface area contributed by atoms with Gasteiger partial charge in [-0.1, -0.05) is 36.4 Å². The van der Waals surface area contributed by atoms with Crippen LogP contribution in [0.15, 0.2) is 85.7 Å². The molecule has 2 aliphatic rings. The van der Waals surface area contributed by atoms with Crippen LogP contribution in [0.2, 0.25) is 0 Å². The van der Waals surface area contributed by atoms with E-state index in [2.05, 4.69) is 54.3 Å². The van der Waals surface area contributed by atoms with Crippen molar-refractivity contribution in [1.82, 2.24) is 44.8 Å². The second-order valence-electron chi connectivity index (χ2n) is 13.9. The average Bonchev–Trinajstić information content (AvgIpc) is 3.91. The van der Waals surface area contributed by atoms with E-state index >= 15 is 0 Å². The number of benzene rings is 3. The number of aromatic nitrogens is 8. The van der Waals surface area contributed by atoms with E-state index in [1.165, 1.54) is 10.5 Å². The number of hydrogen-bond acceptors (Lipinski definition) is 10. The van der Waals surface area contributed by atoms with Crippen LogP contribution in [0, 0.1) is 13.8 Å². The molecule has 3 aromatic carbocycles. The highest BCUT2D eigenvalue weighted by molar-refractivity contribution is 6.21. The molecule has 0 radical (unpaired) electrons. The highest BCUT2D eigenvalue weighted by Gasteiger charge is 2.39. The van der Waals surface area contributed by atoms with Gasteiger partial charge in [0.05, 0.1) is 51.7 Å². The average molecular weight is 721 g/mol. The minimum Gasteiger partial charge on any atom is -0.356 e. The molecule has 3 N–H and O–H groups in total. The molecular weight excluding hydrogens is 681 g/mol. The molecule has 0 saturated carbocycles. The lowest BCUT2D eigenvalue weighted by Gasteiger charge is -2.24. The topological polar surface area (TPSA) is 171 Å². The van der Waals surface area contributed by atoms with E-state index in [0.717, 1.165) is 87.1 Å². The Bertz CT molecular complexity index is 2500. The Kier molecular flexibility index (Phi) is 9.26. The molecule has 1 fully saturated rings. The zero-order valence-corrected chi connectivity index (χ0v) is 30.5. The highest BCUT2D eigenvalue weighted by atomic mass is 16.5. The van der Waals surface area contributed by atoms with Crippen molar-refractivity contribution in [3.63, 3.8) is 0 Å². The first-order chi connectivity index (χ1) is 26.2. The molecule has 2 amide bonds. The maximum atomic E-state index is 13.0. The van der Waals surface area contributed by atoms with Crippen molar-refractivity contribution in [2.45, 2.75) is 65.3 Å². The van der Waals surface area contributed by atoms with Gasteiger partial charge in [-0.15, -0.1) is 0 Å². The molecule has 54 heavy (non-hydrogen) atoms. The molecule has 7 aromatic rings. The summed E-state index contributed by atoms with van der Waals surface area (Å²) in [4.78, 5) is 44.8. The number of fused-ring (bicyclic) bond motifs is 3. The van der Waals surface area contributed by atoms with Crippen LogP contribution in [0.25, 0.3) is 44.6 Å². The van der Waals surface area contributed by atoms with Crippen molar-refractivity contribution in [2.75, 3.05) is 6.61 Å². The molecule has 0 spiro atoms. The number of ether oxygens (including phenoxy) is 1. The number of H-pyrrole nitrogens is 1. The summed E-state index contributed by atoms with van der Waals surface area (Å²) in [6.07, 6.45) is 9.64. The van der Waals surface area contributed by atoms with E-state index in [9.17, 15) is 9.59 Å². The van der Waals surface area contributed by atoms with Gasteiger partial charge in [0.15, 0.2) is 17.5 Å². The van der Waals surface area contributed by atoms with Crippen molar-refractivity contribution >= 4 is 33.9 Å². The number of hydrogen-bond donors (Lipinski definition) is 2. The molecule has 0 bridgehead atoms. The lowest BCUT2D eigenvalue weighted by Crippen LogP contribution is -2.32. The summed E-state index contributed by atoms with van der Waals surface area (Å²) in [5.74, 6) is -0.507. The summed E-state index contributed by atoms with van der Waals surface area (Å²) in [6.45, 7) is 8.67. The Hall–Kier alpha value is -6.18. The lowest BCUT2D eigenvalue weighted by atomic mass is 9.97. The minimum absolute atomic E-state index is 0.0355. The van der Waals surface area contributed by atoms with Gasteiger partial charge < -0.3 is 10.5 Å². The number of aryl methyl sites for hydroxylation is 2. The van der Waals surface area contributed by atoms with Gasteiger partial charge in [-0.3, -0.25) is 19.6 Å². The fraction of sp³-hybridized carbons (Fsp3) is 0.268. The Labute approximate surface area is 311 Å². The quantitative estimate of drug-likeness (QED) is 0.167. The first kappa shape index (κ1) is 34.9. The minimum atomic E-state index is -0.395. The van der Waals surface area contributed by atoms with E-state index in [-0.39, 0.29) is 24.1 Å². The van der Waals surface area contributed by atoms with Crippen LogP contribution in [0.5, 0.6) is 0 Å². The lowest BCUT2D eigenvalue weighted by molar-refractivity contribution is -0.0370. The van der Waals surface area contributed by atoms with Crippen molar-refractivity contribution < 1.29 is 14.3 Å². The number of aromatic amines is 1. The summed E-state index contributed by atoms with van der Waals surface area (Å²) in [7, 11) is 0. The van der Waals surface area contributed by atoms with E-state index in [1.807, 2.05) is 49.7 Å². The Morgan fingerprint density at radius 3 is 2.07 bits per heavy atom. The highest BCUT2D eigenvalue weighted by Crippen LogP contribution is 2.35. The third kappa shape index (κ3) is 6.20. The van der Waals surface area contributed by atoms with Gasteiger partial charge in [0.1, 0.15) is 12.7 Å². The Morgan fingerprint density at radius 1 is 0.796 bits per heavy atom. The molecule has 9 rings (SSSR count). The van der Waals surface area contributed by atoms with Crippen LogP contribution in [-0.2, 0) is 4.74 Å². The van der Waals surface area contributed by atoms with Gasteiger partial charge in [0, 0.05) is 23.8 Å². The van der Waals surface area contributed by atoms with E-state index in [4.69, 9.17) is 10.5 Å². The maximum absolute atomic E-state index is 13.0. The number of carbonyl (C=O) groups excluding carboxylic acids is 2. The van der Waals surface area contributed by atoms with Crippen LogP contribution in [0.3, 0.4) is 0 Å². The summed E-state index contributed by atoms with van der Waals surface area (Å²) < 4.78 is 7.76. The number of carbonyl (C=O) groups is 2. The summed E-state index contributed by atoms with van der Waals surface area (Å²) in [5, 5.41) is 13.2. The molecule has 4 aromatic heterocycles. The van der Waals surface area contributed by atoms with Crippen molar-refractivity contribution in [3.8, 4) is 22.5 Å². The molecule has 13 nitrogen and oxygen atoms in total. The second-order valence-corrected chi connectivity index (χ2v) is 13.9. The molecule has 1 saturated heterocycles. The van der Waals surface area contributed by atoms with Crippen LogP contribution >= 0.6 is 0 Å². The molecule has 3 atom stereocenters. The first-order valence-corrected chi connectivity index (χ1v) is 18.1. The molecule has 272 valence electrons. The van der Waals surface area contributed by atoms with Crippen LogP contribution in [-0.4, -0.2) is 63.2 Å². The monoisotopic (exact) mass is 720 g/mol. The van der Waals surface area contributed by atoms with Crippen molar-refractivity contribution in [3.05, 3.63) is 119 Å². The summed E-state index contributed by atoms with van der Waals surface area (Å²) >= 11 is 0. The van der Waals surface area contributed by atoms with Crippen LogP contribution in [0.4, 0.5) is 0 Å². The van der Waals surface area contributed by atoms with E-state index in [1.54, 1.807) is 49.3 Å². The Morgan fingerprint density at radius 2 is 1.44 bits per heavy atom.